The molecule has 35 heavy (non-hydrogen) atoms. The Hall–Kier alpha value is -4.12. The second-order valence-electron chi connectivity index (χ2n) is 7.22. The molecule has 0 atom stereocenters. The van der Waals surface area contributed by atoms with E-state index in [9.17, 15) is 31.5 Å². The Morgan fingerprint density at radius 2 is 1.66 bits per heavy atom. The van der Waals surface area contributed by atoms with Gasteiger partial charge in [-0.25, -0.2) is 23.5 Å². The number of carbonyl (C=O) groups excluding carboxylic acids is 2. The Morgan fingerprint density at radius 1 is 0.914 bits per heavy atom. The van der Waals surface area contributed by atoms with Gasteiger partial charge in [0.2, 0.25) is 0 Å². The van der Waals surface area contributed by atoms with E-state index in [1.807, 2.05) is 0 Å². The first-order chi connectivity index (χ1) is 16.5. The quantitative estimate of drug-likeness (QED) is 0.246. The second-order valence-corrected chi connectivity index (χ2v) is 7.62. The second kappa shape index (κ2) is 9.26. The molecule has 0 aliphatic rings. The lowest BCUT2D eigenvalue weighted by Crippen LogP contribution is -2.20. The monoisotopic (exact) mass is 506 g/mol. The molecule has 0 aliphatic heterocycles. The summed E-state index contributed by atoms with van der Waals surface area (Å²) in [5, 5.41) is 4.24. The van der Waals surface area contributed by atoms with E-state index in [0.29, 0.717) is 23.0 Å². The lowest BCUT2D eigenvalue weighted by Gasteiger charge is -2.13. The van der Waals surface area contributed by atoms with Gasteiger partial charge in [-0.1, -0.05) is 11.6 Å². The molecule has 0 unspecified atom stereocenters. The number of alkyl halides is 3. The van der Waals surface area contributed by atoms with E-state index < -0.39 is 45.8 Å². The van der Waals surface area contributed by atoms with E-state index in [0.717, 1.165) is 18.2 Å². The predicted octanol–water partition coefficient (Wildman–Crippen LogP) is 6.46. The molecule has 0 saturated carbocycles. The molecule has 6 nitrogen and oxygen atoms in total. The van der Waals surface area contributed by atoms with Crippen molar-refractivity contribution < 1.29 is 31.5 Å². The molecular formula is C23H12ClF5N4O2. The summed E-state index contributed by atoms with van der Waals surface area (Å²) in [6, 6.07) is 7.46. The standard InChI is InChI=1S/C23H12ClF5N4O2/c24-17-3-2-13(7-16(17)23(27,28)29)32-22(35)33-14-6-15(20(26)18(25)8-14)21(34)11-1-4-19-12(5-11)9-30-10-31-19/h1-10H,(H2,32,33,35). The number of nitrogens with one attached hydrogen (secondary N) is 2. The fraction of sp³-hybridized carbons (Fsp3) is 0.0435. The number of ketones is 1. The zero-order valence-electron chi connectivity index (χ0n) is 17.3. The van der Waals surface area contributed by atoms with Crippen LogP contribution in [0, 0.1) is 11.6 Å². The summed E-state index contributed by atoms with van der Waals surface area (Å²) < 4.78 is 67.7. The number of aromatic nitrogens is 2. The van der Waals surface area contributed by atoms with Crippen LogP contribution in [0.5, 0.6) is 0 Å². The highest BCUT2D eigenvalue weighted by atomic mass is 35.5. The molecule has 0 fully saturated rings. The molecule has 12 heteroatoms. The highest BCUT2D eigenvalue weighted by Crippen LogP contribution is 2.36. The minimum absolute atomic E-state index is 0.0213. The Labute approximate surface area is 198 Å². The number of nitrogens with zero attached hydrogens (tertiary/aromatic N) is 2. The third-order valence-electron chi connectivity index (χ3n) is 4.83. The molecule has 0 aliphatic carbocycles. The van der Waals surface area contributed by atoms with Gasteiger partial charge in [-0.3, -0.25) is 4.79 Å². The summed E-state index contributed by atoms with van der Waals surface area (Å²) in [7, 11) is 0. The molecule has 4 aromatic rings. The highest BCUT2D eigenvalue weighted by molar-refractivity contribution is 6.31. The van der Waals surface area contributed by atoms with E-state index in [1.165, 1.54) is 30.7 Å². The Morgan fingerprint density at radius 3 is 2.40 bits per heavy atom. The van der Waals surface area contributed by atoms with Gasteiger partial charge in [0.25, 0.3) is 0 Å². The first kappa shape index (κ1) is 24.0. The summed E-state index contributed by atoms with van der Waals surface area (Å²) >= 11 is 5.54. The molecule has 4 rings (SSSR count). The van der Waals surface area contributed by atoms with E-state index in [2.05, 4.69) is 20.6 Å². The van der Waals surface area contributed by atoms with Crippen molar-refractivity contribution in [3.05, 3.63) is 94.4 Å². The molecule has 2 amide bonds. The van der Waals surface area contributed by atoms with Crippen molar-refractivity contribution in [2.24, 2.45) is 0 Å². The van der Waals surface area contributed by atoms with Crippen LogP contribution in [0.3, 0.4) is 0 Å². The van der Waals surface area contributed by atoms with E-state index in [4.69, 9.17) is 11.6 Å². The zero-order chi connectivity index (χ0) is 25.3. The van der Waals surface area contributed by atoms with E-state index >= 15 is 0 Å². The number of carbonyl (C=O) groups is 2. The molecular weight excluding hydrogens is 495 g/mol. The smallest absolute Gasteiger partial charge is 0.308 e. The molecule has 1 heterocycles. The van der Waals surface area contributed by atoms with Gasteiger partial charge >= 0.3 is 12.2 Å². The average molecular weight is 507 g/mol. The fourth-order valence-corrected chi connectivity index (χ4v) is 3.45. The van der Waals surface area contributed by atoms with Gasteiger partial charge in [0.15, 0.2) is 17.4 Å². The van der Waals surface area contributed by atoms with Crippen LogP contribution in [0.25, 0.3) is 10.9 Å². The first-order valence-electron chi connectivity index (χ1n) is 9.71. The number of anilines is 2. The van der Waals surface area contributed by atoms with Crippen molar-refractivity contribution in [1.82, 2.24) is 9.97 Å². The Balaban J connectivity index is 1.58. The van der Waals surface area contributed by atoms with Crippen LogP contribution in [0.2, 0.25) is 5.02 Å². The van der Waals surface area contributed by atoms with E-state index in [-0.39, 0.29) is 16.9 Å². The van der Waals surface area contributed by atoms with Crippen molar-refractivity contribution in [3.63, 3.8) is 0 Å². The molecule has 178 valence electrons. The maximum absolute atomic E-state index is 14.4. The minimum Gasteiger partial charge on any atom is -0.308 e. The molecule has 1 aromatic heterocycles. The summed E-state index contributed by atoms with van der Waals surface area (Å²) in [6.45, 7) is 0. The number of fused-ring (bicyclic) bond motifs is 1. The Kier molecular flexibility index (Phi) is 6.35. The van der Waals surface area contributed by atoms with Gasteiger partial charge < -0.3 is 10.6 Å². The van der Waals surface area contributed by atoms with Crippen molar-refractivity contribution >= 4 is 45.7 Å². The van der Waals surface area contributed by atoms with Crippen LogP contribution in [-0.2, 0) is 6.18 Å². The third kappa shape index (κ3) is 5.19. The molecule has 3 aromatic carbocycles. The number of urea groups is 1. The van der Waals surface area contributed by atoms with E-state index in [1.54, 1.807) is 0 Å². The molecule has 0 bridgehead atoms. The number of rotatable bonds is 4. The largest absolute Gasteiger partial charge is 0.417 e. The fourth-order valence-electron chi connectivity index (χ4n) is 3.22. The van der Waals surface area contributed by atoms with Crippen molar-refractivity contribution in [1.29, 1.82) is 0 Å². The van der Waals surface area contributed by atoms with Gasteiger partial charge in [-0.05, 0) is 42.5 Å². The van der Waals surface area contributed by atoms with Crippen LogP contribution >= 0.6 is 11.6 Å². The summed E-state index contributed by atoms with van der Waals surface area (Å²) in [5.41, 5.74) is -1.84. The summed E-state index contributed by atoms with van der Waals surface area (Å²) in [6.07, 6.45) is -2.00. The van der Waals surface area contributed by atoms with Gasteiger partial charge in [-0.2, -0.15) is 13.2 Å². The SMILES string of the molecule is O=C(Nc1cc(F)c(F)c(C(=O)c2ccc3ncncc3c2)c1)Nc1ccc(Cl)c(C(F)(F)F)c1. The first-order valence-corrected chi connectivity index (χ1v) is 10.1. The highest BCUT2D eigenvalue weighted by Gasteiger charge is 2.33. The van der Waals surface area contributed by atoms with Crippen LogP contribution in [-0.4, -0.2) is 21.8 Å². The number of halogens is 6. The van der Waals surface area contributed by atoms with Crippen LogP contribution < -0.4 is 10.6 Å². The van der Waals surface area contributed by atoms with Crippen molar-refractivity contribution in [3.8, 4) is 0 Å². The number of hydrogen-bond acceptors (Lipinski definition) is 4. The predicted molar refractivity (Wildman–Crippen MR) is 118 cm³/mol. The molecule has 0 spiro atoms. The number of benzene rings is 3. The molecule has 0 saturated heterocycles. The summed E-state index contributed by atoms with van der Waals surface area (Å²) in [4.78, 5) is 33.0. The van der Waals surface area contributed by atoms with Gasteiger partial charge in [0.05, 0.1) is 21.7 Å². The molecule has 2 N–H and O–H groups in total. The summed E-state index contributed by atoms with van der Waals surface area (Å²) in [5.74, 6) is -3.72. The van der Waals surface area contributed by atoms with Crippen LogP contribution in [0.15, 0.2) is 61.1 Å². The molecule has 0 radical (unpaired) electrons. The van der Waals surface area contributed by atoms with Gasteiger partial charge in [-0.15, -0.1) is 0 Å². The average Bonchev–Trinajstić information content (AvgIpc) is 2.81. The normalized spacial score (nSPS) is 11.4. The van der Waals surface area contributed by atoms with Crippen molar-refractivity contribution in [2.45, 2.75) is 6.18 Å². The van der Waals surface area contributed by atoms with Gasteiger partial charge in [0, 0.05) is 34.6 Å². The minimum atomic E-state index is -4.75. The van der Waals surface area contributed by atoms with Gasteiger partial charge in [0.1, 0.15) is 6.33 Å². The topological polar surface area (TPSA) is 84.0 Å². The van der Waals surface area contributed by atoms with Crippen LogP contribution in [0.1, 0.15) is 21.5 Å². The maximum atomic E-state index is 14.4. The Bertz CT molecular complexity index is 1480. The number of amides is 2. The zero-order valence-corrected chi connectivity index (χ0v) is 18.0. The maximum Gasteiger partial charge on any atom is 0.417 e. The van der Waals surface area contributed by atoms with Crippen LogP contribution in [0.4, 0.5) is 38.1 Å². The van der Waals surface area contributed by atoms with Crippen molar-refractivity contribution in [2.75, 3.05) is 10.6 Å². The number of hydrogen-bond donors (Lipinski definition) is 2. The lowest BCUT2D eigenvalue weighted by molar-refractivity contribution is -0.137. The third-order valence-corrected chi connectivity index (χ3v) is 5.16. The lowest BCUT2D eigenvalue weighted by atomic mass is 10.0.